The number of rotatable bonds is 7. The fraction of sp³-hybridized carbons (Fsp3) is 0.719. The maximum absolute atomic E-state index is 15.2. The van der Waals surface area contributed by atoms with Crippen molar-refractivity contribution in [2.24, 2.45) is 11.3 Å². The molecule has 4 fully saturated rings. The standard InChI is InChI=1S/C32H46ClFN4O4.ClH/c1-5-28(39)35-27(17-31(2,3)4)30(41)38-13-12-36(20-32(38)10-11-32)29(40)25-19-37(22-8-14-42-15-9-22)18-24(25)23-7-6-21(33)16-26(23)34;/h6-7,16,22,24-25,27H,5,8-15,17-20H2,1-4H3,(H,35,39);1H/t24-,25+,27-;/m0./s1. The third kappa shape index (κ3) is 7.66. The van der Waals surface area contributed by atoms with Crippen molar-refractivity contribution < 1.29 is 23.5 Å². The summed E-state index contributed by atoms with van der Waals surface area (Å²) >= 11 is 6.07. The molecule has 3 aliphatic heterocycles. The van der Waals surface area contributed by atoms with Crippen LogP contribution in [-0.4, -0.2) is 96.0 Å². The van der Waals surface area contributed by atoms with Crippen LogP contribution in [0.5, 0.6) is 0 Å². The predicted octanol–water partition coefficient (Wildman–Crippen LogP) is 4.63. The molecule has 0 aromatic heterocycles. The SMILES string of the molecule is CCC(=O)N[C@@H](CC(C)(C)C)C(=O)N1CCN(C(=O)[C@@H]2CN(C3CCOCC3)C[C@H]2c2ccc(Cl)cc2F)CC12CC2.Cl. The van der Waals surface area contributed by atoms with Crippen molar-refractivity contribution in [3.05, 3.63) is 34.6 Å². The molecule has 1 aromatic carbocycles. The van der Waals surface area contributed by atoms with E-state index in [2.05, 4.69) is 31.0 Å². The van der Waals surface area contributed by atoms with Crippen LogP contribution in [0.1, 0.15) is 77.7 Å². The monoisotopic (exact) mass is 640 g/mol. The van der Waals surface area contributed by atoms with Gasteiger partial charge < -0.3 is 19.9 Å². The highest BCUT2D eigenvalue weighted by molar-refractivity contribution is 6.30. The third-order valence-corrected chi connectivity index (χ3v) is 9.80. The lowest BCUT2D eigenvalue weighted by Crippen LogP contribution is -2.62. The molecule has 1 spiro atoms. The fourth-order valence-corrected chi connectivity index (χ4v) is 7.32. The number of likely N-dealkylation sites (tertiary alicyclic amines) is 1. The van der Waals surface area contributed by atoms with Crippen molar-refractivity contribution in [1.29, 1.82) is 0 Å². The first-order chi connectivity index (χ1) is 19.9. The Kier molecular flexibility index (Phi) is 10.7. The summed E-state index contributed by atoms with van der Waals surface area (Å²) in [5.41, 5.74) is 0.0116. The van der Waals surface area contributed by atoms with Crippen molar-refractivity contribution in [2.75, 3.05) is 45.9 Å². The summed E-state index contributed by atoms with van der Waals surface area (Å²) in [5, 5.41) is 3.31. The van der Waals surface area contributed by atoms with Crippen LogP contribution in [0, 0.1) is 17.2 Å². The molecule has 3 heterocycles. The van der Waals surface area contributed by atoms with Crippen molar-refractivity contribution in [3.63, 3.8) is 0 Å². The second-order valence-corrected chi connectivity index (χ2v) is 14.3. The normalized spacial score (nSPS) is 24.9. The van der Waals surface area contributed by atoms with Gasteiger partial charge in [0.2, 0.25) is 17.7 Å². The zero-order valence-electron chi connectivity index (χ0n) is 25.9. The number of benzene rings is 1. The number of piperazine rings is 1. The maximum atomic E-state index is 15.2. The molecule has 4 aliphatic rings. The Morgan fingerprint density at radius 1 is 1.14 bits per heavy atom. The molecule has 240 valence electrons. The molecule has 1 N–H and O–H groups in total. The first-order valence-corrected chi connectivity index (χ1v) is 15.9. The lowest BCUT2D eigenvalue weighted by Gasteiger charge is -2.45. The molecular weight excluding hydrogens is 594 g/mol. The van der Waals surface area contributed by atoms with Crippen LogP contribution in [0.3, 0.4) is 0 Å². The van der Waals surface area contributed by atoms with Crippen molar-refractivity contribution in [1.82, 2.24) is 20.0 Å². The Labute approximate surface area is 266 Å². The molecule has 0 unspecified atom stereocenters. The van der Waals surface area contributed by atoms with Gasteiger partial charge in [0.25, 0.3) is 0 Å². The van der Waals surface area contributed by atoms with E-state index in [9.17, 15) is 14.4 Å². The summed E-state index contributed by atoms with van der Waals surface area (Å²) in [6, 6.07) is 4.50. The van der Waals surface area contributed by atoms with Crippen molar-refractivity contribution in [2.45, 2.75) is 89.8 Å². The number of carbonyl (C=O) groups excluding carboxylic acids is 3. The van der Waals surface area contributed by atoms with Gasteiger partial charge in [-0.25, -0.2) is 4.39 Å². The highest BCUT2D eigenvalue weighted by Crippen LogP contribution is 2.46. The number of nitrogens with zero attached hydrogens (tertiary/aromatic N) is 3. The number of ether oxygens (including phenoxy) is 1. The number of halogens is 3. The zero-order valence-corrected chi connectivity index (χ0v) is 27.4. The lowest BCUT2D eigenvalue weighted by molar-refractivity contribution is -0.149. The van der Waals surface area contributed by atoms with Gasteiger partial charge in [0, 0.05) is 69.3 Å². The third-order valence-electron chi connectivity index (χ3n) is 9.56. The number of hydrogen-bond donors (Lipinski definition) is 1. The quantitative estimate of drug-likeness (QED) is 0.470. The van der Waals surface area contributed by atoms with E-state index in [1.165, 1.54) is 6.07 Å². The maximum Gasteiger partial charge on any atom is 0.245 e. The average molecular weight is 642 g/mol. The van der Waals surface area contributed by atoms with Gasteiger partial charge >= 0.3 is 0 Å². The van der Waals surface area contributed by atoms with Crippen LogP contribution in [0.25, 0.3) is 0 Å². The summed E-state index contributed by atoms with van der Waals surface area (Å²) < 4.78 is 20.8. The molecule has 3 saturated heterocycles. The van der Waals surface area contributed by atoms with E-state index in [0.717, 1.165) is 25.7 Å². The Bertz CT molecular complexity index is 1180. The van der Waals surface area contributed by atoms with Gasteiger partial charge in [-0.1, -0.05) is 45.4 Å². The highest BCUT2D eigenvalue weighted by atomic mass is 35.5. The summed E-state index contributed by atoms with van der Waals surface area (Å²) in [7, 11) is 0. The second-order valence-electron chi connectivity index (χ2n) is 13.9. The summed E-state index contributed by atoms with van der Waals surface area (Å²) in [6.07, 6.45) is 4.35. The van der Waals surface area contributed by atoms with E-state index in [0.29, 0.717) is 75.4 Å². The highest BCUT2D eigenvalue weighted by Gasteiger charge is 2.56. The Hall–Kier alpha value is -1.94. The summed E-state index contributed by atoms with van der Waals surface area (Å²) in [5.74, 6) is -1.16. The van der Waals surface area contributed by atoms with Crippen LogP contribution in [-0.2, 0) is 19.1 Å². The number of amides is 3. The topological polar surface area (TPSA) is 82.2 Å². The molecule has 1 saturated carbocycles. The van der Waals surface area contributed by atoms with Gasteiger partial charge in [0.15, 0.2) is 0 Å². The van der Waals surface area contributed by atoms with E-state index in [1.807, 2.05) is 9.80 Å². The summed E-state index contributed by atoms with van der Waals surface area (Å²) in [6.45, 7) is 11.9. The first kappa shape index (κ1) is 33.9. The van der Waals surface area contributed by atoms with Gasteiger partial charge in [-0.3, -0.25) is 19.3 Å². The molecular formula is C32H47Cl2FN4O4. The zero-order chi connectivity index (χ0) is 30.2. The van der Waals surface area contributed by atoms with E-state index in [4.69, 9.17) is 16.3 Å². The Morgan fingerprint density at radius 2 is 1.84 bits per heavy atom. The minimum atomic E-state index is -0.586. The van der Waals surface area contributed by atoms with Crippen LogP contribution in [0.15, 0.2) is 18.2 Å². The van der Waals surface area contributed by atoms with Gasteiger partial charge in [-0.2, -0.15) is 0 Å². The molecule has 1 aromatic rings. The van der Waals surface area contributed by atoms with E-state index >= 15 is 4.39 Å². The van der Waals surface area contributed by atoms with Gasteiger partial charge in [-0.15, -0.1) is 12.4 Å². The lowest BCUT2D eigenvalue weighted by atomic mass is 9.86. The largest absolute Gasteiger partial charge is 0.381 e. The fourth-order valence-electron chi connectivity index (χ4n) is 7.16. The molecule has 3 atom stereocenters. The van der Waals surface area contributed by atoms with E-state index in [-0.39, 0.29) is 53.2 Å². The van der Waals surface area contributed by atoms with Crippen LogP contribution < -0.4 is 5.32 Å². The van der Waals surface area contributed by atoms with Crippen LogP contribution in [0.4, 0.5) is 4.39 Å². The predicted molar refractivity (Wildman–Crippen MR) is 167 cm³/mol. The molecule has 43 heavy (non-hydrogen) atoms. The molecule has 1 aliphatic carbocycles. The average Bonchev–Trinajstić information content (AvgIpc) is 3.56. The minimum absolute atomic E-state index is 0. The molecule has 8 nitrogen and oxygen atoms in total. The van der Waals surface area contributed by atoms with Gasteiger partial charge in [0.1, 0.15) is 11.9 Å². The van der Waals surface area contributed by atoms with Crippen molar-refractivity contribution >= 4 is 41.7 Å². The molecule has 3 amide bonds. The van der Waals surface area contributed by atoms with Crippen LogP contribution >= 0.6 is 24.0 Å². The number of carbonyl (C=O) groups is 3. The molecule has 11 heteroatoms. The second kappa shape index (κ2) is 13.6. The van der Waals surface area contributed by atoms with Gasteiger partial charge in [0.05, 0.1) is 11.5 Å². The molecule has 5 rings (SSSR count). The smallest absolute Gasteiger partial charge is 0.245 e. The summed E-state index contributed by atoms with van der Waals surface area (Å²) in [4.78, 5) is 46.6. The van der Waals surface area contributed by atoms with E-state index in [1.54, 1.807) is 19.1 Å². The van der Waals surface area contributed by atoms with Crippen LogP contribution in [0.2, 0.25) is 5.02 Å². The molecule has 0 radical (unpaired) electrons. The minimum Gasteiger partial charge on any atom is -0.381 e. The van der Waals surface area contributed by atoms with Gasteiger partial charge in [-0.05, 0) is 55.2 Å². The Morgan fingerprint density at radius 3 is 2.44 bits per heavy atom. The van der Waals surface area contributed by atoms with Crippen molar-refractivity contribution in [3.8, 4) is 0 Å². The van der Waals surface area contributed by atoms with E-state index < -0.39 is 11.6 Å². The number of hydrogen-bond acceptors (Lipinski definition) is 5. The number of nitrogens with one attached hydrogen (secondary N) is 1. The first-order valence-electron chi connectivity index (χ1n) is 15.6. The molecule has 0 bridgehead atoms. The Balaban J connectivity index is 0.00000423.